The summed E-state index contributed by atoms with van der Waals surface area (Å²) >= 11 is 0. The second-order valence-corrected chi connectivity index (χ2v) is 10.5. The lowest BCUT2D eigenvalue weighted by Crippen LogP contribution is -2.58. The van der Waals surface area contributed by atoms with Crippen molar-refractivity contribution in [1.82, 2.24) is 15.1 Å². The van der Waals surface area contributed by atoms with Crippen LogP contribution in [0.5, 0.6) is 0 Å². The number of nitrogens with zero attached hydrogens (tertiary/aromatic N) is 2. The Morgan fingerprint density at radius 3 is 2.34 bits per heavy atom. The number of piperazine rings is 1. The van der Waals surface area contributed by atoms with Crippen molar-refractivity contribution in [2.45, 2.75) is 69.9 Å². The van der Waals surface area contributed by atoms with E-state index in [4.69, 9.17) is 0 Å². The van der Waals surface area contributed by atoms with Crippen molar-refractivity contribution in [2.75, 3.05) is 26.2 Å². The number of rotatable bonds is 7. The van der Waals surface area contributed by atoms with Crippen LogP contribution in [-0.4, -0.2) is 53.8 Å². The Morgan fingerprint density at radius 1 is 0.857 bits per heavy atom. The third kappa shape index (κ3) is 5.78. The van der Waals surface area contributed by atoms with Crippen molar-refractivity contribution >= 4 is 11.8 Å². The molecular weight excluding hydrogens is 434 g/mol. The van der Waals surface area contributed by atoms with Gasteiger partial charge in [-0.25, -0.2) is 0 Å². The summed E-state index contributed by atoms with van der Waals surface area (Å²) in [6.45, 7) is 3.01. The summed E-state index contributed by atoms with van der Waals surface area (Å²) in [6, 6.07) is 18.9. The largest absolute Gasteiger partial charge is 0.348 e. The van der Waals surface area contributed by atoms with Gasteiger partial charge in [0.25, 0.3) is 0 Å². The summed E-state index contributed by atoms with van der Waals surface area (Å²) in [5.74, 6) is 0.853. The minimum Gasteiger partial charge on any atom is -0.348 e. The number of amides is 2. The highest BCUT2D eigenvalue weighted by molar-refractivity contribution is 5.83. The highest BCUT2D eigenvalue weighted by Gasteiger charge is 2.38. The number of fused-ring (bicyclic) bond motifs is 1. The zero-order chi connectivity index (χ0) is 24.0. The van der Waals surface area contributed by atoms with Gasteiger partial charge in [-0.2, -0.15) is 0 Å². The molecule has 1 aliphatic heterocycles. The first-order chi connectivity index (χ1) is 17.2. The molecule has 1 saturated carbocycles. The summed E-state index contributed by atoms with van der Waals surface area (Å²) in [7, 11) is 0. The smallest absolute Gasteiger partial charge is 0.238 e. The van der Waals surface area contributed by atoms with Gasteiger partial charge in [-0.05, 0) is 61.1 Å². The van der Waals surface area contributed by atoms with Crippen molar-refractivity contribution in [2.24, 2.45) is 5.92 Å². The molecule has 3 aliphatic rings. The molecule has 2 amide bonds. The number of benzene rings is 2. The molecule has 5 rings (SSSR count). The number of nitrogens with one attached hydrogen (secondary N) is 1. The fourth-order valence-corrected chi connectivity index (χ4v) is 6.42. The van der Waals surface area contributed by atoms with E-state index in [1.165, 1.54) is 29.5 Å². The van der Waals surface area contributed by atoms with Crippen molar-refractivity contribution in [3.63, 3.8) is 0 Å². The summed E-state index contributed by atoms with van der Waals surface area (Å²) in [4.78, 5) is 31.0. The maximum atomic E-state index is 13.7. The lowest BCUT2D eigenvalue weighted by atomic mass is 9.87. The summed E-state index contributed by atoms with van der Waals surface area (Å²) in [5.41, 5.74) is 3.89. The van der Waals surface area contributed by atoms with Gasteiger partial charge in [0.05, 0.1) is 12.1 Å². The molecule has 2 aromatic carbocycles. The molecule has 186 valence electrons. The maximum Gasteiger partial charge on any atom is 0.238 e. The Labute approximate surface area is 209 Å². The third-order valence-electron chi connectivity index (χ3n) is 8.33. The molecule has 35 heavy (non-hydrogen) atoms. The quantitative estimate of drug-likeness (QED) is 0.644. The van der Waals surface area contributed by atoms with Crippen LogP contribution in [0.15, 0.2) is 54.6 Å². The Morgan fingerprint density at radius 2 is 1.57 bits per heavy atom. The average molecular weight is 474 g/mol. The molecule has 1 saturated heterocycles. The predicted molar refractivity (Wildman–Crippen MR) is 139 cm³/mol. The first-order valence-corrected chi connectivity index (χ1v) is 13.6. The zero-order valence-electron chi connectivity index (χ0n) is 20.8. The fraction of sp³-hybridized carbons (Fsp3) is 0.533. The molecule has 2 unspecified atom stereocenters. The van der Waals surface area contributed by atoms with Gasteiger partial charge in [0.15, 0.2) is 0 Å². The molecule has 2 fully saturated rings. The van der Waals surface area contributed by atoms with E-state index in [1.807, 2.05) is 23.1 Å². The molecule has 2 aromatic rings. The molecular formula is C30H39N3O2. The SMILES string of the molecule is O=C(NC1CCCc2ccccc21)C(C1CCCC1)N1CCN(C(=O)CCc2ccccc2)CC1. The number of hydrogen-bond acceptors (Lipinski definition) is 3. The van der Waals surface area contributed by atoms with Crippen molar-refractivity contribution in [3.05, 3.63) is 71.3 Å². The molecule has 0 spiro atoms. The Balaban J connectivity index is 1.20. The second-order valence-electron chi connectivity index (χ2n) is 10.5. The minimum atomic E-state index is -0.0758. The Kier molecular flexibility index (Phi) is 7.82. The van der Waals surface area contributed by atoms with Crippen molar-refractivity contribution in [3.8, 4) is 0 Å². The van der Waals surface area contributed by atoms with Gasteiger partial charge < -0.3 is 10.2 Å². The molecule has 0 radical (unpaired) electrons. The van der Waals surface area contributed by atoms with E-state index in [9.17, 15) is 9.59 Å². The molecule has 0 aromatic heterocycles. The molecule has 1 heterocycles. The standard InChI is InChI=1S/C30H39N3O2/c34-28(18-17-23-9-2-1-3-10-23)32-19-21-33(22-20-32)29(25-12-4-5-13-25)30(35)31-27-16-8-14-24-11-6-7-15-26(24)27/h1-3,6-7,9-11,15,25,27,29H,4-5,8,12-14,16-22H2,(H,31,35). The van der Waals surface area contributed by atoms with E-state index in [0.29, 0.717) is 12.3 Å². The number of hydrogen-bond donors (Lipinski definition) is 1. The van der Waals surface area contributed by atoms with Gasteiger partial charge in [-0.3, -0.25) is 14.5 Å². The van der Waals surface area contributed by atoms with Crippen molar-refractivity contribution < 1.29 is 9.59 Å². The highest BCUT2D eigenvalue weighted by atomic mass is 16.2. The Hall–Kier alpha value is -2.66. The number of carbonyl (C=O) groups excluding carboxylic acids is 2. The first kappa shape index (κ1) is 24.1. The topological polar surface area (TPSA) is 52.7 Å². The number of carbonyl (C=O) groups is 2. The van der Waals surface area contributed by atoms with Gasteiger partial charge in [-0.1, -0.05) is 67.4 Å². The van der Waals surface area contributed by atoms with Gasteiger partial charge >= 0.3 is 0 Å². The van der Waals surface area contributed by atoms with Gasteiger partial charge in [-0.15, -0.1) is 0 Å². The summed E-state index contributed by atoms with van der Waals surface area (Å²) < 4.78 is 0. The van der Waals surface area contributed by atoms with Crippen LogP contribution in [0.2, 0.25) is 0 Å². The van der Waals surface area contributed by atoms with E-state index in [1.54, 1.807) is 0 Å². The van der Waals surface area contributed by atoms with Crippen LogP contribution < -0.4 is 5.32 Å². The lowest BCUT2D eigenvalue weighted by molar-refractivity contribution is -0.135. The van der Waals surface area contributed by atoms with Crippen LogP contribution in [0.4, 0.5) is 0 Å². The van der Waals surface area contributed by atoms with Crippen LogP contribution in [-0.2, 0) is 22.4 Å². The van der Waals surface area contributed by atoms with E-state index < -0.39 is 0 Å². The van der Waals surface area contributed by atoms with E-state index in [-0.39, 0.29) is 23.9 Å². The molecule has 2 aliphatic carbocycles. The second kappa shape index (κ2) is 11.4. The monoisotopic (exact) mass is 473 g/mol. The maximum absolute atomic E-state index is 13.7. The average Bonchev–Trinajstić information content (AvgIpc) is 3.43. The minimum absolute atomic E-state index is 0.0758. The fourth-order valence-electron chi connectivity index (χ4n) is 6.42. The molecule has 5 heteroatoms. The predicted octanol–water partition coefficient (Wildman–Crippen LogP) is 4.52. The number of aryl methyl sites for hydroxylation is 2. The van der Waals surface area contributed by atoms with Gasteiger partial charge in [0.2, 0.25) is 11.8 Å². The van der Waals surface area contributed by atoms with Crippen LogP contribution in [0.25, 0.3) is 0 Å². The van der Waals surface area contributed by atoms with E-state index in [0.717, 1.165) is 64.7 Å². The normalized spacial score (nSPS) is 21.9. The lowest BCUT2D eigenvalue weighted by Gasteiger charge is -2.41. The highest BCUT2D eigenvalue weighted by Crippen LogP contribution is 2.33. The molecule has 5 nitrogen and oxygen atoms in total. The third-order valence-corrected chi connectivity index (χ3v) is 8.33. The first-order valence-electron chi connectivity index (χ1n) is 13.6. The van der Waals surface area contributed by atoms with Crippen LogP contribution in [0.3, 0.4) is 0 Å². The Bertz CT molecular complexity index is 994. The summed E-state index contributed by atoms with van der Waals surface area (Å²) in [5, 5.41) is 3.46. The van der Waals surface area contributed by atoms with Crippen LogP contribution in [0.1, 0.15) is 67.7 Å². The van der Waals surface area contributed by atoms with Gasteiger partial charge in [0, 0.05) is 32.6 Å². The molecule has 2 atom stereocenters. The molecule has 1 N–H and O–H groups in total. The summed E-state index contributed by atoms with van der Waals surface area (Å²) in [6.07, 6.45) is 9.30. The van der Waals surface area contributed by atoms with Crippen LogP contribution >= 0.6 is 0 Å². The van der Waals surface area contributed by atoms with Crippen LogP contribution in [0, 0.1) is 5.92 Å². The zero-order valence-corrected chi connectivity index (χ0v) is 20.8. The van der Waals surface area contributed by atoms with Crippen molar-refractivity contribution in [1.29, 1.82) is 0 Å². The van der Waals surface area contributed by atoms with E-state index in [2.05, 4.69) is 46.6 Å². The molecule has 0 bridgehead atoms. The van der Waals surface area contributed by atoms with Gasteiger partial charge in [0.1, 0.15) is 0 Å². The van der Waals surface area contributed by atoms with E-state index >= 15 is 0 Å².